The van der Waals surface area contributed by atoms with E-state index in [0.29, 0.717) is 29.1 Å². The highest BCUT2D eigenvalue weighted by atomic mass is 16.6. The van der Waals surface area contributed by atoms with E-state index in [0.717, 1.165) is 63.1 Å². The molecule has 5 rings (SSSR count). The molecule has 1 amide bonds. The zero-order valence-electron chi connectivity index (χ0n) is 26.0. The van der Waals surface area contributed by atoms with Crippen LogP contribution in [0.5, 0.6) is 5.75 Å². The summed E-state index contributed by atoms with van der Waals surface area (Å²) < 4.78 is 4.80. The van der Waals surface area contributed by atoms with Crippen molar-refractivity contribution in [1.29, 1.82) is 0 Å². The number of oxime groups is 1. The molecule has 4 aliphatic carbocycles. The molecule has 11 heteroatoms. The van der Waals surface area contributed by atoms with Crippen molar-refractivity contribution in [3.8, 4) is 5.75 Å². The third-order valence-electron chi connectivity index (χ3n) is 11.3. The molecule has 3 fully saturated rings. The number of nitrogens with zero attached hydrogens (tertiary/aromatic N) is 2. The summed E-state index contributed by atoms with van der Waals surface area (Å²) in [4.78, 5) is 53.3. The monoisotopic (exact) mass is 609 g/mol. The molecule has 3 saturated carbocycles. The summed E-state index contributed by atoms with van der Waals surface area (Å²) in [7, 11) is 1.18. The van der Waals surface area contributed by atoms with Gasteiger partial charge in [-0.15, -0.1) is 0 Å². The van der Waals surface area contributed by atoms with Crippen LogP contribution in [0.15, 0.2) is 35.0 Å². The molecule has 0 radical (unpaired) electrons. The number of esters is 1. The number of nitro groups is 1. The third-order valence-corrected chi connectivity index (χ3v) is 11.3. The van der Waals surface area contributed by atoms with E-state index in [4.69, 9.17) is 9.57 Å². The van der Waals surface area contributed by atoms with Crippen LogP contribution in [0, 0.1) is 44.6 Å². The largest absolute Gasteiger partial charge is 0.502 e. The average Bonchev–Trinajstić information content (AvgIpc) is 3.35. The molecule has 0 heterocycles. The number of phenols is 1. The van der Waals surface area contributed by atoms with Gasteiger partial charge >= 0.3 is 11.7 Å². The van der Waals surface area contributed by atoms with Crippen LogP contribution in [0.2, 0.25) is 0 Å². The molecule has 44 heavy (non-hydrogen) atoms. The summed E-state index contributed by atoms with van der Waals surface area (Å²) in [5, 5.41) is 27.7. The van der Waals surface area contributed by atoms with Gasteiger partial charge in [-0.1, -0.05) is 30.6 Å². The zero-order chi connectivity index (χ0) is 31.8. The van der Waals surface area contributed by atoms with Gasteiger partial charge in [-0.05, 0) is 105 Å². The maximum atomic E-state index is 12.7. The van der Waals surface area contributed by atoms with Crippen molar-refractivity contribution in [3.63, 3.8) is 0 Å². The molecular formula is C33H43N3O8. The highest BCUT2D eigenvalue weighted by Crippen LogP contribution is 2.66. The fourth-order valence-corrected chi connectivity index (χ4v) is 9.13. The lowest BCUT2D eigenvalue weighted by Crippen LogP contribution is -2.51. The number of allylic oxidation sites excluding steroid dienone is 2. The minimum Gasteiger partial charge on any atom is -0.502 e. The molecule has 4 aliphatic rings. The molecule has 238 valence electrons. The molecule has 0 bridgehead atoms. The normalized spacial score (nSPS) is 32.4. The van der Waals surface area contributed by atoms with Gasteiger partial charge < -0.3 is 20.0 Å². The predicted octanol–water partition coefficient (Wildman–Crippen LogP) is 5.04. The van der Waals surface area contributed by atoms with Crippen molar-refractivity contribution in [2.24, 2.45) is 39.7 Å². The van der Waals surface area contributed by atoms with Gasteiger partial charge in [0.1, 0.15) is 11.8 Å². The molecule has 7 unspecified atom stereocenters. The van der Waals surface area contributed by atoms with E-state index in [9.17, 15) is 29.6 Å². The van der Waals surface area contributed by atoms with Gasteiger partial charge in [-0.3, -0.25) is 19.7 Å². The molecule has 11 nitrogen and oxygen atoms in total. The summed E-state index contributed by atoms with van der Waals surface area (Å²) in [6.45, 7) is 6.13. The minimum absolute atomic E-state index is 0.0731. The van der Waals surface area contributed by atoms with Crippen LogP contribution in [0.3, 0.4) is 0 Å². The number of hydrogen-bond donors (Lipinski definition) is 2. The van der Waals surface area contributed by atoms with E-state index >= 15 is 0 Å². The lowest BCUT2D eigenvalue weighted by molar-refractivity contribution is -0.385. The number of nitro benzene ring substituents is 1. The number of Topliss-reactive ketones (excluding diaryl/α,β-unsaturated/α-hetero) is 1. The first-order chi connectivity index (χ1) is 20.9. The van der Waals surface area contributed by atoms with Gasteiger partial charge in [-0.25, -0.2) is 4.79 Å². The van der Waals surface area contributed by atoms with Crippen LogP contribution >= 0.6 is 0 Å². The Morgan fingerprint density at radius 3 is 2.61 bits per heavy atom. The van der Waals surface area contributed by atoms with Gasteiger partial charge in [0.2, 0.25) is 0 Å². The first kappa shape index (κ1) is 31.7. The van der Waals surface area contributed by atoms with Crippen molar-refractivity contribution >= 4 is 29.1 Å². The van der Waals surface area contributed by atoms with E-state index in [2.05, 4.69) is 30.4 Å². The van der Waals surface area contributed by atoms with Crippen molar-refractivity contribution in [1.82, 2.24) is 5.32 Å². The number of ether oxygens (including phenoxy) is 1. The minimum atomic E-state index is -1.11. The van der Waals surface area contributed by atoms with Crippen molar-refractivity contribution in [3.05, 3.63) is 45.5 Å². The Bertz CT molecular complexity index is 1410. The Morgan fingerprint density at radius 2 is 1.91 bits per heavy atom. The number of methoxy groups -OCH3 is 1. The number of carbonyl (C=O) groups excluding carboxylic acids is 3. The standard InChI is InChI=1S/C33H43N3O8/c1-19(37)24-8-9-25-23-7-6-21-17-22(11-13-32(21,2)26(23)12-14-33(24,25)3)35-44-18-30(39)34-27(31(40)43-4)15-20-5-10-29(38)28(16-20)36(41)42/h5,10,16-17,23-27,38H,6-9,11-15,18H2,1-4H3,(H,34,39)/b35-22+. The lowest BCUT2D eigenvalue weighted by Gasteiger charge is -2.58. The van der Waals surface area contributed by atoms with Gasteiger partial charge in [0.25, 0.3) is 5.91 Å². The van der Waals surface area contributed by atoms with Gasteiger partial charge in [0, 0.05) is 18.4 Å². The van der Waals surface area contributed by atoms with E-state index in [1.807, 2.05) is 0 Å². The second kappa shape index (κ2) is 12.3. The highest BCUT2D eigenvalue weighted by Gasteiger charge is 2.59. The Labute approximate surface area is 257 Å². The molecular weight excluding hydrogens is 566 g/mol. The van der Waals surface area contributed by atoms with Crippen molar-refractivity contribution in [2.45, 2.75) is 84.6 Å². The molecule has 0 saturated heterocycles. The number of benzene rings is 1. The van der Waals surface area contributed by atoms with E-state index in [1.165, 1.54) is 24.8 Å². The van der Waals surface area contributed by atoms with Gasteiger partial charge in [0.15, 0.2) is 12.4 Å². The molecule has 0 aromatic heterocycles. The first-order valence-corrected chi connectivity index (χ1v) is 15.6. The number of rotatable bonds is 9. The third kappa shape index (κ3) is 5.85. The van der Waals surface area contributed by atoms with Crippen molar-refractivity contribution in [2.75, 3.05) is 13.7 Å². The number of ketones is 1. The number of fused-ring (bicyclic) bond motifs is 5. The number of nitrogens with one attached hydrogen (secondary N) is 1. The quantitative estimate of drug-likeness (QED) is 0.224. The topological polar surface area (TPSA) is 157 Å². The smallest absolute Gasteiger partial charge is 0.328 e. The number of carbonyl (C=O) groups is 3. The lowest BCUT2D eigenvalue weighted by atomic mass is 9.46. The van der Waals surface area contributed by atoms with Crippen LogP contribution in [0.25, 0.3) is 0 Å². The number of hydrogen-bond acceptors (Lipinski definition) is 9. The van der Waals surface area contributed by atoms with Crippen LogP contribution in [0.1, 0.15) is 77.7 Å². The maximum absolute atomic E-state index is 12.7. The zero-order valence-corrected chi connectivity index (χ0v) is 26.0. The molecule has 1 aromatic rings. The molecule has 0 spiro atoms. The summed E-state index contributed by atoms with van der Waals surface area (Å²) in [5.74, 6) is 0.626. The maximum Gasteiger partial charge on any atom is 0.328 e. The fourth-order valence-electron chi connectivity index (χ4n) is 9.13. The molecule has 0 aliphatic heterocycles. The second-order valence-electron chi connectivity index (χ2n) is 13.6. The number of phenolic OH excluding ortho intramolecular Hbond substituents is 1. The van der Waals surface area contributed by atoms with E-state index in [-0.39, 0.29) is 23.2 Å². The molecule has 7 atom stereocenters. The fraction of sp³-hybridized carbons (Fsp3) is 0.636. The summed E-state index contributed by atoms with van der Waals surface area (Å²) in [6, 6.07) is 2.65. The second-order valence-corrected chi connectivity index (χ2v) is 13.6. The van der Waals surface area contributed by atoms with Gasteiger partial charge in [0.05, 0.1) is 17.7 Å². The van der Waals surface area contributed by atoms with Crippen LogP contribution in [-0.2, 0) is 30.4 Å². The molecule has 1 aromatic carbocycles. The SMILES string of the molecule is COC(=O)C(Cc1ccc(O)c([N+](=O)[O-])c1)NC(=O)CO/N=C1/C=C2CCC3C(CCC4(C)C(C(C)=O)CCC34)C2(C)CC1. The van der Waals surface area contributed by atoms with Crippen LogP contribution in [0.4, 0.5) is 5.69 Å². The van der Waals surface area contributed by atoms with E-state index in [1.54, 1.807) is 6.92 Å². The summed E-state index contributed by atoms with van der Waals surface area (Å²) in [5.41, 5.74) is 2.30. The highest BCUT2D eigenvalue weighted by molar-refractivity contribution is 5.96. The van der Waals surface area contributed by atoms with E-state index < -0.39 is 40.9 Å². The number of amides is 1. The summed E-state index contributed by atoms with van der Waals surface area (Å²) >= 11 is 0. The molecule has 2 N–H and O–H groups in total. The van der Waals surface area contributed by atoms with Crippen LogP contribution in [-0.4, -0.2) is 53.2 Å². The van der Waals surface area contributed by atoms with Gasteiger partial charge in [-0.2, -0.15) is 0 Å². The predicted molar refractivity (Wildman–Crippen MR) is 162 cm³/mol. The Kier molecular flexibility index (Phi) is 8.87. The Hall–Kier alpha value is -3.76. The number of aromatic hydroxyl groups is 1. The summed E-state index contributed by atoms with van der Waals surface area (Å²) in [6.07, 6.45) is 10.4. The van der Waals surface area contributed by atoms with Crippen molar-refractivity contribution < 1.29 is 34.0 Å². The first-order valence-electron chi connectivity index (χ1n) is 15.6. The Morgan fingerprint density at radius 1 is 1.14 bits per heavy atom. The Balaban J connectivity index is 1.19. The average molecular weight is 610 g/mol. The van der Waals surface area contributed by atoms with Crippen LogP contribution < -0.4 is 5.32 Å².